The number of carbonyl (C=O) groups is 1. The number of hydrogen-bond donors (Lipinski definition) is 8. The highest BCUT2D eigenvalue weighted by molar-refractivity contribution is 6.04. The summed E-state index contributed by atoms with van der Waals surface area (Å²) in [5.41, 5.74) is -1.50. The van der Waals surface area contributed by atoms with Crippen LogP contribution in [0, 0.1) is 10.8 Å². The Labute approximate surface area is 176 Å². The zero-order valence-corrected chi connectivity index (χ0v) is 16.3. The summed E-state index contributed by atoms with van der Waals surface area (Å²) >= 11 is 0. The highest BCUT2D eigenvalue weighted by Crippen LogP contribution is 2.44. The minimum Gasteiger partial charge on any atom is -0.451 e. The fourth-order valence-corrected chi connectivity index (χ4v) is 4.86. The van der Waals surface area contributed by atoms with Gasteiger partial charge in [0, 0.05) is 0 Å². The summed E-state index contributed by atoms with van der Waals surface area (Å²) in [7, 11) is 0. The standard InChI is InChI=1S/C20H22N6O5/c21-17-24-15-13(9-27)23-18(22)26-8-14(20(29,30)19(15,26)25-17)31-16(28)12-7-3-5-10-4-1-2-6-11(10)12/h1-7,13-15,27,29-30H,8-9H2,(H2,22,23)(H3,21,24,25)/t13-,14-,15?,19-/m0/s1. The third-order valence-corrected chi connectivity index (χ3v) is 6.30. The van der Waals surface area contributed by atoms with Gasteiger partial charge < -0.3 is 40.9 Å². The Morgan fingerprint density at radius 3 is 2.68 bits per heavy atom. The molecule has 3 heterocycles. The van der Waals surface area contributed by atoms with Crippen molar-refractivity contribution in [1.82, 2.24) is 20.9 Å². The first-order valence-electron chi connectivity index (χ1n) is 9.80. The second-order valence-corrected chi connectivity index (χ2v) is 7.93. The van der Waals surface area contributed by atoms with Crippen LogP contribution in [0.3, 0.4) is 0 Å². The molecule has 0 saturated carbocycles. The molecule has 3 aliphatic heterocycles. The second kappa shape index (κ2) is 6.54. The minimum absolute atomic E-state index is 0.185. The van der Waals surface area contributed by atoms with Crippen LogP contribution in [0.25, 0.3) is 10.8 Å². The fourth-order valence-electron chi connectivity index (χ4n) is 4.86. The SMILES string of the molecule is N=C1NC2[C@H](CO)NC(=N)N3C[C@H](OC(=O)c4cccc5ccccc45)C(O)(O)[C@]23N1. The molecule has 3 aliphatic rings. The maximum Gasteiger partial charge on any atom is 0.339 e. The maximum atomic E-state index is 13.0. The third kappa shape index (κ3) is 2.54. The van der Waals surface area contributed by atoms with Gasteiger partial charge >= 0.3 is 5.97 Å². The van der Waals surface area contributed by atoms with E-state index in [1.165, 1.54) is 4.90 Å². The molecule has 2 aromatic rings. The predicted octanol–water partition coefficient (Wildman–Crippen LogP) is -1.55. The van der Waals surface area contributed by atoms with Crippen molar-refractivity contribution in [3.05, 3.63) is 48.0 Å². The van der Waals surface area contributed by atoms with Gasteiger partial charge in [-0.3, -0.25) is 10.8 Å². The van der Waals surface area contributed by atoms with E-state index in [0.29, 0.717) is 5.39 Å². The first-order chi connectivity index (χ1) is 14.8. The number of fused-ring (bicyclic) bond motifs is 1. The molecule has 4 atom stereocenters. The van der Waals surface area contributed by atoms with Crippen LogP contribution in [-0.4, -0.2) is 80.9 Å². The average Bonchev–Trinajstić information content (AvgIpc) is 3.22. The maximum absolute atomic E-state index is 13.0. The molecule has 0 aliphatic carbocycles. The lowest BCUT2D eigenvalue weighted by Gasteiger charge is -2.50. The summed E-state index contributed by atoms with van der Waals surface area (Å²) in [6.45, 7) is -0.618. The lowest BCUT2D eigenvalue weighted by atomic mass is 9.85. The van der Waals surface area contributed by atoms with E-state index in [0.717, 1.165) is 5.39 Å². The zero-order chi connectivity index (χ0) is 22.0. The lowest BCUT2D eigenvalue weighted by molar-refractivity contribution is -0.258. The number of nitrogens with zero attached hydrogens (tertiary/aromatic N) is 1. The van der Waals surface area contributed by atoms with Crippen molar-refractivity contribution in [2.75, 3.05) is 13.2 Å². The van der Waals surface area contributed by atoms with Gasteiger partial charge in [-0.2, -0.15) is 0 Å². The molecule has 0 amide bonds. The number of ether oxygens (including phenoxy) is 1. The normalized spacial score (nSPS) is 30.8. The van der Waals surface area contributed by atoms with Gasteiger partial charge in [-0.05, 0) is 16.8 Å². The molecule has 8 N–H and O–H groups in total. The molecule has 0 bridgehead atoms. The highest BCUT2D eigenvalue weighted by atomic mass is 16.6. The lowest BCUT2D eigenvalue weighted by Crippen LogP contribution is -2.80. The van der Waals surface area contributed by atoms with Gasteiger partial charge in [-0.15, -0.1) is 0 Å². The number of hydrogen-bond acceptors (Lipinski definition) is 7. The largest absolute Gasteiger partial charge is 0.451 e. The molecule has 1 unspecified atom stereocenters. The van der Waals surface area contributed by atoms with E-state index in [1.807, 2.05) is 18.2 Å². The van der Waals surface area contributed by atoms with E-state index in [2.05, 4.69) is 16.0 Å². The number of nitrogens with one attached hydrogen (secondary N) is 5. The molecule has 11 heteroatoms. The van der Waals surface area contributed by atoms with Gasteiger partial charge in [0.2, 0.25) is 5.79 Å². The quantitative estimate of drug-likeness (QED) is 0.213. The summed E-state index contributed by atoms with van der Waals surface area (Å²) in [4.78, 5) is 14.3. The number of rotatable bonds is 3. The first-order valence-corrected chi connectivity index (χ1v) is 9.80. The van der Waals surface area contributed by atoms with Gasteiger partial charge in [0.1, 0.15) is 0 Å². The number of carbonyl (C=O) groups excluding carboxylic acids is 1. The van der Waals surface area contributed by atoms with E-state index in [-0.39, 0.29) is 24.0 Å². The summed E-state index contributed by atoms with van der Waals surface area (Å²) in [6.07, 6.45) is -1.43. The Hall–Kier alpha value is -3.41. The summed E-state index contributed by atoms with van der Waals surface area (Å²) in [5.74, 6) is -3.79. The number of esters is 1. The van der Waals surface area contributed by atoms with Crippen molar-refractivity contribution in [2.45, 2.75) is 29.6 Å². The Bertz CT molecular complexity index is 1100. The summed E-state index contributed by atoms with van der Waals surface area (Å²) in [6, 6.07) is 10.8. The Morgan fingerprint density at radius 2 is 1.90 bits per heavy atom. The van der Waals surface area contributed by atoms with Crippen molar-refractivity contribution < 1.29 is 24.9 Å². The van der Waals surface area contributed by atoms with Crippen LogP contribution in [0.1, 0.15) is 10.4 Å². The monoisotopic (exact) mass is 426 g/mol. The Balaban J connectivity index is 1.51. The topological polar surface area (TPSA) is 174 Å². The van der Waals surface area contributed by atoms with E-state index >= 15 is 0 Å². The van der Waals surface area contributed by atoms with E-state index in [4.69, 9.17) is 15.6 Å². The Kier molecular flexibility index (Phi) is 4.13. The fraction of sp³-hybridized carbons (Fsp3) is 0.350. The molecule has 162 valence electrons. The van der Waals surface area contributed by atoms with E-state index in [1.54, 1.807) is 24.3 Å². The number of aliphatic hydroxyl groups excluding tert-OH is 1. The summed E-state index contributed by atoms with van der Waals surface area (Å²) in [5, 5.41) is 58.2. The van der Waals surface area contributed by atoms with Gasteiger partial charge in [0.15, 0.2) is 23.7 Å². The van der Waals surface area contributed by atoms with Crippen molar-refractivity contribution in [2.24, 2.45) is 0 Å². The van der Waals surface area contributed by atoms with Crippen LogP contribution in [0.4, 0.5) is 0 Å². The molecular weight excluding hydrogens is 404 g/mol. The minimum atomic E-state index is -2.67. The van der Waals surface area contributed by atoms with Crippen LogP contribution in [-0.2, 0) is 4.74 Å². The smallest absolute Gasteiger partial charge is 0.339 e. The molecule has 2 aromatic carbocycles. The van der Waals surface area contributed by atoms with Crippen molar-refractivity contribution in [1.29, 1.82) is 10.8 Å². The highest BCUT2D eigenvalue weighted by Gasteiger charge is 2.75. The van der Waals surface area contributed by atoms with Gasteiger partial charge in [-0.1, -0.05) is 36.4 Å². The molecule has 11 nitrogen and oxygen atoms in total. The van der Waals surface area contributed by atoms with Crippen LogP contribution >= 0.6 is 0 Å². The summed E-state index contributed by atoms with van der Waals surface area (Å²) < 4.78 is 5.56. The molecule has 5 rings (SSSR count). The Morgan fingerprint density at radius 1 is 1.16 bits per heavy atom. The predicted molar refractivity (Wildman–Crippen MR) is 109 cm³/mol. The number of benzene rings is 2. The van der Waals surface area contributed by atoms with Gasteiger partial charge in [0.05, 0.1) is 30.8 Å². The molecule has 1 spiro atoms. The zero-order valence-electron chi connectivity index (χ0n) is 16.3. The molecule has 3 saturated heterocycles. The van der Waals surface area contributed by atoms with Gasteiger partial charge in [0.25, 0.3) is 0 Å². The second-order valence-electron chi connectivity index (χ2n) is 7.93. The van der Waals surface area contributed by atoms with Crippen LogP contribution in [0.15, 0.2) is 42.5 Å². The van der Waals surface area contributed by atoms with Crippen molar-refractivity contribution in [3.63, 3.8) is 0 Å². The van der Waals surface area contributed by atoms with E-state index in [9.17, 15) is 20.1 Å². The van der Waals surface area contributed by atoms with Crippen LogP contribution in [0.5, 0.6) is 0 Å². The molecule has 3 fully saturated rings. The molecule has 0 radical (unpaired) electrons. The average molecular weight is 426 g/mol. The van der Waals surface area contributed by atoms with Gasteiger partial charge in [-0.25, -0.2) is 4.79 Å². The molecular formula is C20H22N6O5. The molecule has 31 heavy (non-hydrogen) atoms. The van der Waals surface area contributed by atoms with Crippen LogP contribution < -0.4 is 16.0 Å². The van der Waals surface area contributed by atoms with Crippen molar-refractivity contribution in [3.8, 4) is 0 Å². The first kappa shape index (κ1) is 19.5. The number of guanidine groups is 2. The van der Waals surface area contributed by atoms with Crippen LogP contribution in [0.2, 0.25) is 0 Å². The number of aliphatic hydroxyl groups is 3. The third-order valence-electron chi connectivity index (χ3n) is 6.30. The molecule has 0 aromatic heterocycles. The van der Waals surface area contributed by atoms with E-state index < -0.39 is 42.2 Å². The van der Waals surface area contributed by atoms with Crippen molar-refractivity contribution >= 4 is 28.7 Å².